The Morgan fingerprint density at radius 1 is 1.05 bits per heavy atom. The average Bonchev–Trinajstić information content (AvgIpc) is 3.56. The maximum absolute atomic E-state index is 14.2. The van der Waals surface area contributed by atoms with E-state index in [0.29, 0.717) is 17.8 Å². The van der Waals surface area contributed by atoms with Crippen molar-refractivity contribution in [2.75, 3.05) is 39.3 Å². The molecule has 5 rings (SSSR count). The van der Waals surface area contributed by atoms with E-state index in [9.17, 15) is 9.18 Å². The fourth-order valence-corrected chi connectivity index (χ4v) is 6.95. The molecule has 0 radical (unpaired) electrons. The number of hydrogen-bond donors (Lipinski definition) is 1. The van der Waals surface area contributed by atoms with Crippen LogP contribution in [0.5, 0.6) is 0 Å². The van der Waals surface area contributed by atoms with Crippen LogP contribution in [0.3, 0.4) is 0 Å². The van der Waals surface area contributed by atoms with Gasteiger partial charge in [0, 0.05) is 56.6 Å². The van der Waals surface area contributed by atoms with Gasteiger partial charge in [0.05, 0.1) is 5.69 Å². The summed E-state index contributed by atoms with van der Waals surface area (Å²) in [4.78, 5) is 16.2. The minimum absolute atomic E-state index is 0.156. The number of aryl methyl sites for hydroxylation is 1. The maximum atomic E-state index is 14.2. The number of carbonyl (C=O) groups is 1. The average molecular weight is 561 g/mol. The van der Waals surface area contributed by atoms with Crippen LogP contribution in [-0.4, -0.2) is 69.9 Å². The van der Waals surface area contributed by atoms with Crippen molar-refractivity contribution in [1.29, 1.82) is 0 Å². The van der Waals surface area contributed by atoms with Gasteiger partial charge in [-0.05, 0) is 87.0 Å². The summed E-state index contributed by atoms with van der Waals surface area (Å²) in [6.07, 6.45) is 4.21. The summed E-state index contributed by atoms with van der Waals surface area (Å²) < 4.78 is 16.4. The quantitative estimate of drug-likeness (QED) is 0.293. The van der Waals surface area contributed by atoms with Gasteiger partial charge in [0.25, 0.3) is 0 Å². The highest BCUT2D eigenvalue weighted by molar-refractivity contribution is 5.66. The summed E-state index contributed by atoms with van der Waals surface area (Å²) >= 11 is 0. The number of hydrogen-bond acceptors (Lipinski definition) is 4. The van der Waals surface area contributed by atoms with Crippen molar-refractivity contribution < 1.29 is 14.3 Å². The maximum Gasteiger partial charge on any atom is 0.303 e. The van der Waals surface area contributed by atoms with Gasteiger partial charge in [-0.2, -0.15) is 5.10 Å². The number of halogens is 1. The summed E-state index contributed by atoms with van der Waals surface area (Å²) in [5, 5.41) is 14.1. The minimum Gasteiger partial charge on any atom is -0.481 e. The number of nitrogens with zero attached hydrogens (tertiary/aromatic N) is 4. The fourth-order valence-electron chi connectivity index (χ4n) is 6.95. The zero-order chi connectivity index (χ0) is 28.8. The molecule has 7 heteroatoms. The van der Waals surface area contributed by atoms with E-state index in [1.165, 1.54) is 17.3 Å². The van der Waals surface area contributed by atoms with Crippen molar-refractivity contribution in [3.8, 4) is 0 Å². The van der Waals surface area contributed by atoms with E-state index in [1.807, 2.05) is 13.0 Å². The second-order valence-corrected chi connectivity index (χ2v) is 12.3. The van der Waals surface area contributed by atoms with Gasteiger partial charge in [-0.3, -0.25) is 9.48 Å². The van der Waals surface area contributed by atoms with Gasteiger partial charge in [0.2, 0.25) is 0 Å². The largest absolute Gasteiger partial charge is 0.481 e. The van der Waals surface area contributed by atoms with Gasteiger partial charge < -0.3 is 14.9 Å². The number of likely N-dealkylation sites (tertiary alicyclic amines) is 2. The van der Waals surface area contributed by atoms with E-state index in [0.717, 1.165) is 82.8 Å². The molecule has 3 heterocycles. The molecule has 0 aliphatic carbocycles. The molecule has 41 heavy (non-hydrogen) atoms. The second-order valence-electron chi connectivity index (χ2n) is 12.3. The highest BCUT2D eigenvalue weighted by Gasteiger charge is 2.36. The van der Waals surface area contributed by atoms with Crippen LogP contribution in [0.25, 0.3) is 0 Å². The Hall–Kier alpha value is -3.03. The van der Waals surface area contributed by atoms with Crippen LogP contribution in [0.1, 0.15) is 73.9 Å². The molecule has 0 amide bonds. The molecular weight excluding hydrogens is 515 g/mol. The number of piperidine rings is 1. The van der Waals surface area contributed by atoms with Crippen LogP contribution < -0.4 is 0 Å². The van der Waals surface area contributed by atoms with Crippen LogP contribution in [0, 0.1) is 17.7 Å². The Balaban J connectivity index is 1.20. The number of aliphatic carboxylic acids is 1. The van der Waals surface area contributed by atoms with Gasteiger partial charge in [0.15, 0.2) is 0 Å². The van der Waals surface area contributed by atoms with E-state index >= 15 is 0 Å². The molecule has 3 atom stereocenters. The standard InChI is InChI=1S/C34H45FN4O2/c1-3-39-33(21-31(36-39)19-26-8-5-4-6-9-26)27-13-16-37(17-14-27)22-29-23-38(15-12-25(2)18-34(40)41)24-32(29)28-10-7-11-30(35)20-28/h4-11,20-21,25,27,29,32H,3,12-19,22-24H2,1-2H3,(H,40,41)/t25?,29-,32-/m1/s1. The number of carboxylic acids is 1. The molecule has 6 nitrogen and oxygen atoms in total. The molecule has 2 aliphatic rings. The zero-order valence-electron chi connectivity index (χ0n) is 24.6. The van der Waals surface area contributed by atoms with Gasteiger partial charge >= 0.3 is 5.97 Å². The molecule has 3 aromatic rings. The van der Waals surface area contributed by atoms with Gasteiger partial charge in [-0.25, -0.2) is 4.39 Å². The highest BCUT2D eigenvalue weighted by atomic mass is 19.1. The predicted octanol–water partition coefficient (Wildman–Crippen LogP) is 6.03. The Morgan fingerprint density at radius 2 is 1.83 bits per heavy atom. The van der Waals surface area contributed by atoms with Crippen LogP contribution in [0.4, 0.5) is 4.39 Å². The first-order valence-electron chi connectivity index (χ1n) is 15.4. The molecule has 1 N–H and O–H groups in total. The van der Waals surface area contributed by atoms with Crippen molar-refractivity contribution in [2.24, 2.45) is 11.8 Å². The van der Waals surface area contributed by atoms with E-state index in [-0.39, 0.29) is 18.2 Å². The molecule has 2 saturated heterocycles. The van der Waals surface area contributed by atoms with Gasteiger partial charge in [0.1, 0.15) is 5.82 Å². The van der Waals surface area contributed by atoms with Crippen molar-refractivity contribution in [1.82, 2.24) is 19.6 Å². The number of rotatable bonds is 12. The molecule has 2 aromatic carbocycles. The van der Waals surface area contributed by atoms with Gasteiger partial charge in [-0.1, -0.05) is 49.4 Å². The van der Waals surface area contributed by atoms with E-state index in [2.05, 4.69) is 63.9 Å². The topological polar surface area (TPSA) is 61.6 Å². The first-order chi connectivity index (χ1) is 19.9. The Morgan fingerprint density at radius 3 is 2.54 bits per heavy atom. The third-order valence-corrected chi connectivity index (χ3v) is 9.14. The summed E-state index contributed by atoms with van der Waals surface area (Å²) in [6.45, 7) is 11.0. The van der Waals surface area contributed by atoms with E-state index < -0.39 is 5.97 Å². The molecule has 220 valence electrons. The number of aromatic nitrogens is 2. The monoisotopic (exact) mass is 560 g/mol. The summed E-state index contributed by atoms with van der Waals surface area (Å²) in [6, 6.07) is 20.0. The lowest BCUT2D eigenvalue weighted by molar-refractivity contribution is -0.138. The molecule has 0 spiro atoms. The van der Waals surface area contributed by atoms with E-state index in [4.69, 9.17) is 10.2 Å². The molecule has 0 saturated carbocycles. The minimum atomic E-state index is -0.729. The van der Waals surface area contributed by atoms with Crippen molar-refractivity contribution in [3.05, 3.63) is 89.0 Å². The first-order valence-corrected chi connectivity index (χ1v) is 15.4. The van der Waals surface area contributed by atoms with Crippen LogP contribution in [0.2, 0.25) is 0 Å². The fraction of sp³-hybridized carbons (Fsp3) is 0.529. The summed E-state index contributed by atoms with van der Waals surface area (Å²) in [5.74, 6) is 0.505. The third kappa shape index (κ3) is 7.83. The van der Waals surface area contributed by atoms with Crippen molar-refractivity contribution >= 4 is 5.97 Å². The normalized spacial score (nSPS) is 21.3. The van der Waals surface area contributed by atoms with Crippen molar-refractivity contribution in [2.45, 2.75) is 64.3 Å². The highest BCUT2D eigenvalue weighted by Crippen LogP contribution is 2.36. The van der Waals surface area contributed by atoms with Crippen LogP contribution in [0.15, 0.2) is 60.7 Å². The van der Waals surface area contributed by atoms with Crippen LogP contribution in [-0.2, 0) is 17.8 Å². The summed E-state index contributed by atoms with van der Waals surface area (Å²) in [5.41, 5.74) is 4.91. The Labute approximate surface area is 244 Å². The molecule has 0 bridgehead atoms. The van der Waals surface area contributed by atoms with Gasteiger partial charge in [-0.15, -0.1) is 0 Å². The summed E-state index contributed by atoms with van der Waals surface area (Å²) in [7, 11) is 0. The number of benzene rings is 2. The zero-order valence-corrected chi connectivity index (χ0v) is 24.6. The predicted molar refractivity (Wildman–Crippen MR) is 161 cm³/mol. The first kappa shape index (κ1) is 29.5. The Bertz CT molecular complexity index is 1270. The van der Waals surface area contributed by atoms with Crippen molar-refractivity contribution in [3.63, 3.8) is 0 Å². The Kier molecular flexibility index (Phi) is 9.88. The smallest absolute Gasteiger partial charge is 0.303 e. The molecular formula is C34H45FN4O2. The molecule has 1 unspecified atom stereocenters. The number of carboxylic acid groups (broad SMARTS) is 1. The molecule has 1 aromatic heterocycles. The lowest BCUT2D eigenvalue weighted by Gasteiger charge is -2.35. The second kappa shape index (κ2) is 13.8. The molecule has 2 fully saturated rings. The molecule has 2 aliphatic heterocycles. The SMILES string of the molecule is CCn1nc(Cc2ccccc2)cc1C1CCN(C[C@@H]2CN(CCC(C)CC(=O)O)C[C@@H]2c2cccc(F)c2)CC1. The lowest BCUT2D eigenvalue weighted by atomic mass is 9.87. The third-order valence-electron chi connectivity index (χ3n) is 9.14. The van der Waals surface area contributed by atoms with Crippen LogP contribution >= 0.6 is 0 Å². The lowest BCUT2D eigenvalue weighted by Crippen LogP contribution is -2.38. The van der Waals surface area contributed by atoms with E-state index in [1.54, 1.807) is 6.07 Å².